The minimum absolute atomic E-state index is 0.0827. The van der Waals surface area contributed by atoms with Gasteiger partial charge in [0, 0.05) is 17.8 Å². The fraction of sp³-hybridized carbons (Fsp3) is 0.154. The van der Waals surface area contributed by atoms with E-state index in [2.05, 4.69) is 4.98 Å². The molecule has 19 heavy (non-hydrogen) atoms. The van der Waals surface area contributed by atoms with E-state index in [-0.39, 0.29) is 5.69 Å². The number of aromatic nitrogens is 1. The first kappa shape index (κ1) is 13.3. The van der Waals surface area contributed by atoms with Crippen LogP contribution >= 0.6 is 11.6 Å². The van der Waals surface area contributed by atoms with Gasteiger partial charge >= 0.3 is 0 Å². The Morgan fingerprint density at radius 1 is 1.37 bits per heavy atom. The van der Waals surface area contributed by atoms with Crippen molar-refractivity contribution in [3.8, 4) is 5.75 Å². The van der Waals surface area contributed by atoms with Crippen molar-refractivity contribution < 1.29 is 9.66 Å². The van der Waals surface area contributed by atoms with Crippen LogP contribution in [0.3, 0.4) is 0 Å². The van der Waals surface area contributed by atoms with Crippen LogP contribution in [-0.2, 0) is 6.61 Å². The van der Waals surface area contributed by atoms with Crippen LogP contribution in [0.5, 0.6) is 5.75 Å². The number of nitro benzene ring substituents is 1. The maximum absolute atomic E-state index is 10.7. The molecule has 2 aromatic rings. The summed E-state index contributed by atoms with van der Waals surface area (Å²) in [6, 6.07) is 8.16. The zero-order chi connectivity index (χ0) is 13.8. The third-order valence-corrected chi connectivity index (χ3v) is 2.77. The molecule has 0 aliphatic carbocycles. The van der Waals surface area contributed by atoms with Crippen LogP contribution in [0, 0.1) is 17.0 Å². The number of hydrogen-bond acceptors (Lipinski definition) is 4. The second-order valence-corrected chi connectivity index (χ2v) is 4.37. The molecule has 5 nitrogen and oxygen atoms in total. The molecule has 0 radical (unpaired) electrons. The van der Waals surface area contributed by atoms with Gasteiger partial charge in [-0.1, -0.05) is 11.6 Å². The van der Waals surface area contributed by atoms with Crippen LogP contribution in [-0.4, -0.2) is 9.91 Å². The first-order valence-corrected chi connectivity index (χ1v) is 5.92. The lowest BCUT2D eigenvalue weighted by Crippen LogP contribution is -1.97. The number of hydrogen-bond donors (Lipinski definition) is 0. The fourth-order valence-corrected chi connectivity index (χ4v) is 1.82. The van der Waals surface area contributed by atoms with Gasteiger partial charge in [0.25, 0.3) is 5.69 Å². The largest absolute Gasteiger partial charge is 0.489 e. The zero-order valence-electron chi connectivity index (χ0n) is 10.2. The Balaban J connectivity index is 2.08. The molecule has 0 aliphatic heterocycles. The Labute approximate surface area is 115 Å². The molecule has 1 heterocycles. The van der Waals surface area contributed by atoms with Crippen LogP contribution in [0.4, 0.5) is 5.69 Å². The molecular weight excluding hydrogens is 268 g/mol. The summed E-state index contributed by atoms with van der Waals surface area (Å²) in [4.78, 5) is 14.2. The second kappa shape index (κ2) is 5.67. The van der Waals surface area contributed by atoms with Gasteiger partial charge in [-0.2, -0.15) is 0 Å². The lowest BCUT2D eigenvalue weighted by molar-refractivity contribution is -0.385. The van der Waals surface area contributed by atoms with E-state index in [1.165, 1.54) is 6.07 Å². The Bertz CT molecular complexity index is 617. The summed E-state index contributed by atoms with van der Waals surface area (Å²) in [7, 11) is 0. The molecule has 0 amide bonds. The predicted molar refractivity (Wildman–Crippen MR) is 71.4 cm³/mol. The number of nitrogens with zero attached hydrogens (tertiary/aromatic N) is 2. The van der Waals surface area contributed by atoms with E-state index >= 15 is 0 Å². The number of pyridine rings is 1. The minimum Gasteiger partial charge on any atom is -0.489 e. The van der Waals surface area contributed by atoms with Gasteiger partial charge in [0.05, 0.1) is 4.92 Å². The average molecular weight is 279 g/mol. The van der Waals surface area contributed by atoms with Crippen molar-refractivity contribution in [3.63, 3.8) is 0 Å². The maximum atomic E-state index is 10.7. The molecule has 0 unspecified atom stereocenters. The normalized spacial score (nSPS) is 10.2. The number of aryl methyl sites for hydroxylation is 1. The van der Waals surface area contributed by atoms with Crippen LogP contribution in [0.2, 0.25) is 5.15 Å². The molecule has 0 atom stereocenters. The second-order valence-electron chi connectivity index (χ2n) is 3.98. The standard InChI is InChI=1S/C13H11ClN2O3/c1-9-6-11(2-3-12(9)16(17)18)19-8-10-4-5-15-13(14)7-10/h2-7H,8H2,1H3. The highest BCUT2D eigenvalue weighted by Gasteiger charge is 2.10. The van der Waals surface area contributed by atoms with Gasteiger partial charge < -0.3 is 4.74 Å². The lowest BCUT2D eigenvalue weighted by Gasteiger charge is -2.07. The average Bonchev–Trinajstić information content (AvgIpc) is 2.36. The molecule has 0 bridgehead atoms. The maximum Gasteiger partial charge on any atom is 0.272 e. The summed E-state index contributed by atoms with van der Waals surface area (Å²) in [6.07, 6.45) is 1.60. The summed E-state index contributed by atoms with van der Waals surface area (Å²) in [6.45, 7) is 2.01. The molecule has 0 spiro atoms. The number of nitro groups is 1. The molecule has 2 rings (SSSR count). The monoisotopic (exact) mass is 278 g/mol. The van der Waals surface area contributed by atoms with E-state index in [0.29, 0.717) is 23.1 Å². The third-order valence-electron chi connectivity index (χ3n) is 2.56. The van der Waals surface area contributed by atoms with Crippen LogP contribution < -0.4 is 4.74 Å². The van der Waals surface area contributed by atoms with Crippen LogP contribution in [0.1, 0.15) is 11.1 Å². The smallest absolute Gasteiger partial charge is 0.272 e. The summed E-state index contributed by atoms with van der Waals surface area (Å²) < 4.78 is 5.55. The van der Waals surface area contributed by atoms with Crippen molar-refractivity contribution in [2.75, 3.05) is 0 Å². The van der Waals surface area contributed by atoms with Crippen molar-refractivity contribution >= 4 is 17.3 Å². The summed E-state index contributed by atoms with van der Waals surface area (Å²) in [5.74, 6) is 0.580. The van der Waals surface area contributed by atoms with Crippen LogP contribution in [0.15, 0.2) is 36.5 Å². The van der Waals surface area contributed by atoms with Crippen molar-refractivity contribution in [1.29, 1.82) is 0 Å². The summed E-state index contributed by atoms with van der Waals surface area (Å²) >= 11 is 5.77. The molecule has 0 fully saturated rings. The van der Waals surface area contributed by atoms with Crippen molar-refractivity contribution in [2.24, 2.45) is 0 Å². The van der Waals surface area contributed by atoms with Gasteiger partial charge in [0.2, 0.25) is 0 Å². The molecule has 0 saturated carbocycles. The topological polar surface area (TPSA) is 65.3 Å². The Hall–Kier alpha value is -2.14. The van der Waals surface area contributed by atoms with E-state index in [1.54, 1.807) is 37.4 Å². The van der Waals surface area contributed by atoms with E-state index < -0.39 is 4.92 Å². The zero-order valence-corrected chi connectivity index (χ0v) is 10.9. The molecule has 0 aliphatic rings. The summed E-state index contributed by atoms with van der Waals surface area (Å²) in [5.41, 5.74) is 1.53. The SMILES string of the molecule is Cc1cc(OCc2ccnc(Cl)c2)ccc1[N+](=O)[O-]. The molecule has 6 heteroatoms. The summed E-state index contributed by atoms with van der Waals surface area (Å²) in [5, 5.41) is 11.1. The molecule has 0 N–H and O–H groups in total. The van der Waals surface area contributed by atoms with Gasteiger partial charge in [-0.25, -0.2) is 4.98 Å². The third kappa shape index (κ3) is 3.42. The predicted octanol–water partition coefficient (Wildman–Crippen LogP) is 3.53. The highest BCUT2D eigenvalue weighted by atomic mass is 35.5. The fourth-order valence-electron chi connectivity index (χ4n) is 1.62. The number of benzene rings is 1. The number of ether oxygens (including phenoxy) is 1. The quantitative estimate of drug-likeness (QED) is 0.487. The Kier molecular flexibility index (Phi) is 3.97. The molecule has 98 valence electrons. The lowest BCUT2D eigenvalue weighted by atomic mass is 10.2. The van der Waals surface area contributed by atoms with Crippen molar-refractivity contribution in [2.45, 2.75) is 13.5 Å². The van der Waals surface area contributed by atoms with E-state index in [9.17, 15) is 10.1 Å². The number of halogens is 1. The Morgan fingerprint density at radius 2 is 2.16 bits per heavy atom. The minimum atomic E-state index is -0.415. The molecular formula is C13H11ClN2O3. The van der Waals surface area contributed by atoms with Gasteiger partial charge in [-0.05, 0) is 36.8 Å². The van der Waals surface area contributed by atoms with Crippen LogP contribution in [0.25, 0.3) is 0 Å². The first-order valence-electron chi connectivity index (χ1n) is 5.54. The first-order chi connectivity index (χ1) is 9.06. The van der Waals surface area contributed by atoms with Gasteiger partial charge in [-0.15, -0.1) is 0 Å². The van der Waals surface area contributed by atoms with Gasteiger partial charge in [0.1, 0.15) is 17.5 Å². The van der Waals surface area contributed by atoms with E-state index in [1.807, 2.05) is 0 Å². The van der Waals surface area contributed by atoms with Gasteiger partial charge in [0.15, 0.2) is 0 Å². The molecule has 0 saturated heterocycles. The van der Waals surface area contributed by atoms with E-state index in [4.69, 9.17) is 16.3 Å². The van der Waals surface area contributed by atoms with Gasteiger partial charge in [-0.3, -0.25) is 10.1 Å². The Morgan fingerprint density at radius 3 is 2.79 bits per heavy atom. The van der Waals surface area contributed by atoms with Crippen molar-refractivity contribution in [1.82, 2.24) is 4.98 Å². The highest BCUT2D eigenvalue weighted by molar-refractivity contribution is 6.29. The molecule has 1 aromatic carbocycles. The van der Waals surface area contributed by atoms with E-state index in [0.717, 1.165) is 5.56 Å². The highest BCUT2D eigenvalue weighted by Crippen LogP contribution is 2.23. The van der Waals surface area contributed by atoms with Crippen molar-refractivity contribution in [3.05, 3.63) is 62.9 Å². The number of rotatable bonds is 4. The molecule has 1 aromatic heterocycles.